The van der Waals surface area contributed by atoms with Crippen molar-refractivity contribution in [3.8, 4) is 0 Å². The molecule has 0 unspecified atom stereocenters. The van der Waals surface area contributed by atoms with Crippen LogP contribution in [0.3, 0.4) is 0 Å². The lowest BCUT2D eigenvalue weighted by Gasteiger charge is -2.20. The van der Waals surface area contributed by atoms with Gasteiger partial charge in [-0.3, -0.25) is 0 Å². The third kappa shape index (κ3) is 1.45. The number of halogens is 5. The van der Waals surface area contributed by atoms with E-state index in [4.69, 9.17) is 0 Å². The largest absolute Gasteiger partial charge is 0.460 e. The van der Waals surface area contributed by atoms with Crippen molar-refractivity contribution in [3.05, 3.63) is 36.3 Å². The maximum absolute atomic E-state index is 13.1. The Bertz CT molecular complexity index is 511. The second-order valence-electron chi connectivity index (χ2n) is 3.18. The van der Waals surface area contributed by atoms with Crippen LogP contribution in [-0.4, -0.2) is 6.18 Å². The highest BCUT2D eigenvalue weighted by molar-refractivity contribution is 5.84. The molecule has 0 saturated heterocycles. The summed E-state index contributed by atoms with van der Waals surface area (Å²) in [6.07, 6.45) is -2.59. The van der Waals surface area contributed by atoms with Gasteiger partial charge >= 0.3 is 12.1 Å². The molecule has 6 heteroatoms. The van der Waals surface area contributed by atoms with Gasteiger partial charge in [0.1, 0.15) is 0 Å². The van der Waals surface area contributed by atoms with Gasteiger partial charge in [-0.25, -0.2) is 0 Å². The van der Waals surface area contributed by atoms with Gasteiger partial charge in [-0.15, -0.1) is 0 Å². The smallest absolute Gasteiger partial charge is 0.458 e. The first-order chi connectivity index (χ1) is 7.34. The summed E-state index contributed by atoms with van der Waals surface area (Å²) in [7, 11) is 0. The van der Waals surface area contributed by atoms with Crippen LogP contribution >= 0.6 is 0 Å². The van der Waals surface area contributed by atoms with E-state index in [1.54, 1.807) is 0 Å². The fourth-order valence-corrected chi connectivity index (χ4v) is 1.36. The second kappa shape index (κ2) is 3.20. The number of rotatable bonds is 1. The van der Waals surface area contributed by atoms with E-state index in [2.05, 4.69) is 10.7 Å². The zero-order valence-electron chi connectivity index (χ0n) is 7.61. The molecule has 0 atom stereocenters. The summed E-state index contributed by atoms with van der Waals surface area (Å²) in [4.78, 5) is 0. The Balaban J connectivity index is 2.68. The van der Waals surface area contributed by atoms with Crippen molar-refractivity contribution in [1.29, 1.82) is 0 Å². The highest BCUT2D eigenvalue weighted by atomic mass is 19.4. The molecule has 2 rings (SSSR count). The summed E-state index contributed by atoms with van der Waals surface area (Å²) < 4.78 is 67.2. The Kier molecular flexibility index (Phi) is 2.18. The first kappa shape index (κ1) is 10.9. The summed E-state index contributed by atoms with van der Waals surface area (Å²) in [5.74, 6) is -4.90. The van der Waals surface area contributed by atoms with E-state index in [9.17, 15) is 22.0 Å². The lowest BCUT2D eigenvalue weighted by molar-refractivity contribution is -0.288. The molecule has 0 amide bonds. The molecular formula is C10H4F5O. The lowest BCUT2D eigenvalue weighted by atomic mass is 10.0. The predicted molar refractivity (Wildman–Crippen MR) is 45.0 cm³/mol. The van der Waals surface area contributed by atoms with Gasteiger partial charge in [0.05, 0.1) is 6.26 Å². The second-order valence-corrected chi connectivity index (χ2v) is 3.18. The van der Waals surface area contributed by atoms with Crippen LogP contribution < -0.4 is 0 Å². The van der Waals surface area contributed by atoms with Gasteiger partial charge < -0.3 is 4.42 Å². The molecule has 1 aromatic carbocycles. The highest BCUT2D eigenvalue weighted by Crippen LogP contribution is 2.46. The van der Waals surface area contributed by atoms with Crippen molar-refractivity contribution in [2.24, 2.45) is 0 Å². The van der Waals surface area contributed by atoms with E-state index >= 15 is 0 Å². The standard InChI is InChI=1S/C10H4F5O/c11-9(12,10(13,14)15)8-3-1-2-6-4-16-5-7(6)8/h1-3,5H. The number of hydrogen-bond donors (Lipinski definition) is 0. The number of hydrogen-bond acceptors (Lipinski definition) is 1. The monoisotopic (exact) mass is 235 g/mol. The fraction of sp³-hybridized carbons (Fsp3) is 0.200. The highest BCUT2D eigenvalue weighted by Gasteiger charge is 2.59. The summed E-state index contributed by atoms with van der Waals surface area (Å²) in [5.41, 5.74) is -1.12. The third-order valence-electron chi connectivity index (χ3n) is 2.15. The van der Waals surface area contributed by atoms with Crippen LogP contribution in [0.5, 0.6) is 0 Å². The summed E-state index contributed by atoms with van der Waals surface area (Å²) in [6.45, 7) is 0. The van der Waals surface area contributed by atoms with Crippen molar-refractivity contribution in [1.82, 2.24) is 0 Å². The normalized spacial score (nSPS) is 13.3. The molecule has 2 aromatic rings. The third-order valence-corrected chi connectivity index (χ3v) is 2.15. The molecule has 0 saturated carbocycles. The average Bonchev–Trinajstić information content (AvgIpc) is 2.62. The molecule has 0 bridgehead atoms. The van der Waals surface area contributed by atoms with E-state index in [-0.39, 0.29) is 10.8 Å². The van der Waals surface area contributed by atoms with Crippen LogP contribution in [0.25, 0.3) is 10.8 Å². The quantitative estimate of drug-likeness (QED) is 0.683. The fourth-order valence-electron chi connectivity index (χ4n) is 1.36. The SMILES string of the molecule is FC(F)(F)C(F)(F)c1cccc2[c]occ12. The van der Waals surface area contributed by atoms with Crippen molar-refractivity contribution in [2.75, 3.05) is 0 Å². The Morgan fingerprint density at radius 3 is 2.38 bits per heavy atom. The Morgan fingerprint density at radius 1 is 1.06 bits per heavy atom. The van der Waals surface area contributed by atoms with Gasteiger partial charge in [-0.05, 0) is 0 Å². The number of alkyl halides is 5. The van der Waals surface area contributed by atoms with Gasteiger partial charge in [-0.1, -0.05) is 18.2 Å². The first-order valence-electron chi connectivity index (χ1n) is 4.17. The summed E-state index contributed by atoms with van der Waals surface area (Å²) in [6, 6.07) is 3.16. The van der Waals surface area contributed by atoms with Gasteiger partial charge in [0.15, 0.2) is 6.26 Å². The van der Waals surface area contributed by atoms with Crippen molar-refractivity contribution in [2.45, 2.75) is 12.1 Å². The minimum atomic E-state index is -5.63. The molecule has 0 fully saturated rings. The van der Waals surface area contributed by atoms with Crippen LogP contribution in [0.4, 0.5) is 22.0 Å². The number of fused-ring (bicyclic) bond motifs is 1. The molecule has 0 N–H and O–H groups in total. The maximum Gasteiger partial charge on any atom is 0.458 e. The van der Waals surface area contributed by atoms with E-state index < -0.39 is 17.7 Å². The van der Waals surface area contributed by atoms with Gasteiger partial charge in [0.2, 0.25) is 0 Å². The van der Waals surface area contributed by atoms with Gasteiger partial charge in [0.25, 0.3) is 0 Å². The predicted octanol–water partition coefficient (Wildman–Crippen LogP) is 3.89. The first-order valence-corrected chi connectivity index (χ1v) is 4.17. The molecule has 1 aromatic heterocycles. The molecule has 1 heterocycles. The summed E-state index contributed by atoms with van der Waals surface area (Å²) >= 11 is 0. The zero-order chi connectivity index (χ0) is 12.0. The van der Waals surface area contributed by atoms with E-state index in [0.29, 0.717) is 0 Å². The minimum absolute atomic E-state index is 0.0847. The molecule has 0 aliphatic carbocycles. The molecule has 1 radical (unpaired) electrons. The van der Waals surface area contributed by atoms with E-state index in [0.717, 1.165) is 18.4 Å². The molecule has 1 nitrogen and oxygen atoms in total. The molecule has 0 aliphatic rings. The van der Waals surface area contributed by atoms with Gasteiger partial charge in [-0.2, -0.15) is 22.0 Å². The number of furan rings is 1. The van der Waals surface area contributed by atoms with Crippen LogP contribution in [-0.2, 0) is 5.92 Å². The topological polar surface area (TPSA) is 13.1 Å². The zero-order valence-corrected chi connectivity index (χ0v) is 7.61. The van der Waals surface area contributed by atoms with Crippen molar-refractivity contribution in [3.63, 3.8) is 0 Å². The Morgan fingerprint density at radius 2 is 1.75 bits per heavy atom. The minimum Gasteiger partial charge on any atom is -0.460 e. The molecular weight excluding hydrogens is 231 g/mol. The number of benzene rings is 1. The Hall–Kier alpha value is -1.59. The van der Waals surface area contributed by atoms with Crippen LogP contribution in [0, 0.1) is 6.26 Å². The van der Waals surface area contributed by atoms with E-state index in [1.807, 2.05) is 0 Å². The average molecular weight is 235 g/mol. The maximum atomic E-state index is 13.1. The van der Waals surface area contributed by atoms with Gasteiger partial charge in [0, 0.05) is 16.3 Å². The molecule has 85 valence electrons. The van der Waals surface area contributed by atoms with E-state index in [1.165, 1.54) is 6.07 Å². The van der Waals surface area contributed by atoms with Crippen LogP contribution in [0.2, 0.25) is 0 Å². The Labute approximate surface area is 86.5 Å². The van der Waals surface area contributed by atoms with Crippen LogP contribution in [0.1, 0.15) is 5.56 Å². The summed E-state index contributed by atoms with van der Waals surface area (Å²) in [5, 5.41) is -0.203. The lowest BCUT2D eigenvalue weighted by Crippen LogP contribution is -2.33. The molecule has 0 spiro atoms. The van der Waals surface area contributed by atoms with Crippen LogP contribution in [0.15, 0.2) is 28.9 Å². The van der Waals surface area contributed by atoms with Crippen molar-refractivity contribution >= 4 is 10.8 Å². The van der Waals surface area contributed by atoms with Crippen molar-refractivity contribution < 1.29 is 26.4 Å². The molecule has 0 aliphatic heterocycles. The molecule has 16 heavy (non-hydrogen) atoms.